The van der Waals surface area contributed by atoms with Crippen LogP contribution in [0.4, 0.5) is 4.39 Å². The normalized spacial score (nSPS) is 20.3. The fourth-order valence-corrected chi connectivity index (χ4v) is 3.43. The Morgan fingerprint density at radius 1 is 1.48 bits per heavy atom. The third-order valence-corrected chi connectivity index (χ3v) is 6.24. The van der Waals surface area contributed by atoms with Gasteiger partial charge in [-0.25, -0.2) is 17.5 Å². The number of benzene rings is 1. The molecule has 0 bridgehead atoms. The van der Waals surface area contributed by atoms with E-state index < -0.39 is 20.8 Å². The molecule has 1 saturated heterocycles. The molecule has 1 aromatic carbocycles. The molecule has 7 heteroatoms. The maximum absolute atomic E-state index is 13.2. The van der Waals surface area contributed by atoms with Crippen LogP contribution in [0.1, 0.15) is 38.8 Å². The van der Waals surface area contributed by atoms with Gasteiger partial charge in [0.25, 0.3) is 0 Å². The highest BCUT2D eigenvalue weighted by Gasteiger charge is 2.35. The first-order chi connectivity index (χ1) is 9.60. The smallest absolute Gasteiger partial charge is 0.217 e. The lowest BCUT2D eigenvalue weighted by atomic mass is 10.0. The third kappa shape index (κ3) is 4.25. The van der Waals surface area contributed by atoms with Crippen molar-refractivity contribution in [1.29, 1.82) is 0 Å². The Morgan fingerprint density at radius 2 is 2.10 bits per heavy atom. The fourth-order valence-electron chi connectivity index (χ4n) is 1.85. The monoisotopic (exact) mass is 379 g/mol. The van der Waals surface area contributed by atoms with Gasteiger partial charge < -0.3 is 4.74 Å². The van der Waals surface area contributed by atoms with Gasteiger partial charge in [0.15, 0.2) is 0 Å². The second-order valence-corrected chi connectivity index (χ2v) is 9.46. The summed E-state index contributed by atoms with van der Waals surface area (Å²) in [6.07, 6.45) is 0.578. The highest BCUT2D eigenvalue weighted by atomic mass is 79.9. The number of sulfonamides is 1. The van der Waals surface area contributed by atoms with Gasteiger partial charge in [-0.2, -0.15) is 0 Å². The molecule has 0 radical (unpaired) electrons. The van der Waals surface area contributed by atoms with E-state index in [0.717, 1.165) is 0 Å². The highest BCUT2D eigenvalue weighted by Crippen LogP contribution is 2.32. The van der Waals surface area contributed by atoms with Crippen LogP contribution in [0.2, 0.25) is 0 Å². The molecule has 0 amide bonds. The summed E-state index contributed by atoms with van der Waals surface area (Å²) < 4.78 is 45.5. The molecule has 1 aromatic rings. The van der Waals surface area contributed by atoms with Crippen molar-refractivity contribution in [3.05, 3.63) is 34.1 Å². The van der Waals surface area contributed by atoms with Gasteiger partial charge in [-0.1, -0.05) is 22.0 Å². The molecule has 4 nitrogen and oxygen atoms in total. The average Bonchev–Trinajstić information content (AvgIpc) is 3.10. The summed E-state index contributed by atoms with van der Waals surface area (Å²) >= 11 is 3.30. The number of ether oxygens (including phenoxy) is 1. The molecule has 2 unspecified atom stereocenters. The summed E-state index contributed by atoms with van der Waals surface area (Å²) in [4.78, 5) is 0. The van der Waals surface area contributed by atoms with E-state index in [1.54, 1.807) is 26.8 Å². The predicted octanol–water partition coefficient (Wildman–Crippen LogP) is 3.14. The Balaban J connectivity index is 2.30. The topological polar surface area (TPSA) is 58.7 Å². The standard InChI is InChI=1S/C14H19BrFNO3S/c1-14(2,3)21(18,19)17-13(7-10-8-20-10)11-5-4-9(16)6-12(11)15/h4-6,10,13,17H,7-8H2,1-3H3. The second kappa shape index (κ2) is 5.95. The van der Waals surface area contributed by atoms with E-state index in [1.165, 1.54) is 12.1 Å². The number of hydrogen-bond donors (Lipinski definition) is 1. The zero-order chi connectivity index (χ0) is 15.8. The van der Waals surface area contributed by atoms with Crippen LogP contribution in [-0.4, -0.2) is 25.9 Å². The molecular formula is C14H19BrFNO3S. The van der Waals surface area contributed by atoms with E-state index in [2.05, 4.69) is 20.7 Å². The predicted molar refractivity (Wildman–Crippen MR) is 83.0 cm³/mol. The summed E-state index contributed by atoms with van der Waals surface area (Å²) in [5, 5.41) is 0. The molecule has 0 aliphatic carbocycles. The largest absolute Gasteiger partial charge is 0.373 e. The number of rotatable bonds is 5. The van der Waals surface area contributed by atoms with Gasteiger partial charge in [-0.15, -0.1) is 0 Å². The second-order valence-electron chi connectivity index (χ2n) is 6.14. The van der Waals surface area contributed by atoms with Gasteiger partial charge in [0.1, 0.15) is 5.82 Å². The number of nitrogens with one attached hydrogen (secondary N) is 1. The van der Waals surface area contributed by atoms with Crippen molar-refractivity contribution in [3.63, 3.8) is 0 Å². The summed E-state index contributed by atoms with van der Waals surface area (Å²) in [5.74, 6) is -0.370. The fraction of sp³-hybridized carbons (Fsp3) is 0.571. The van der Waals surface area contributed by atoms with Gasteiger partial charge in [-0.05, 0) is 44.9 Å². The Labute approximate surface area is 133 Å². The molecule has 0 saturated carbocycles. The molecule has 1 aliphatic rings. The molecule has 2 rings (SSSR count). The van der Waals surface area contributed by atoms with Crippen LogP contribution in [0.25, 0.3) is 0 Å². The minimum atomic E-state index is -3.51. The average molecular weight is 380 g/mol. The SMILES string of the molecule is CC(C)(C)S(=O)(=O)NC(CC1CO1)c1ccc(F)cc1Br. The molecule has 118 valence electrons. The van der Waals surface area contributed by atoms with Gasteiger partial charge >= 0.3 is 0 Å². The van der Waals surface area contributed by atoms with Crippen LogP contribution in [0.15, 0.2) is 22.7 Å². The van der Waals surface area contributed by atoms with Gasteiger partial charge in [0, 0.05) is 4.47 Å². The van der Waals surface area contributed by atoms with E-state index in [0.29, 0.717) is 23.1 Å². The van der Waals surface area contributed by atoms with Crippen LogP contribution in [0.3, 0.4) is 0 Å². The quantitative estimate of drug-likeness (QED) is 0.799. The van der Waals surface area contributed by atoms with Crippen molar-refractivity contribution in [1.82, 2.24) is 4.72 Å². The summed E-state index contributed by atoms with van der Waals surface area (Å²) in [6.45, 7) is 5.55. The highest BCUT2D eigenvalue weighted by molar-refractivity contribution is 9.10. The van der Waals surface area contributed by atoms with E-state index in [1.807, 2.05) is 0 Å². The van der Waals surface area contributed by atoms with E-state index in [9.17, 15) is 12.8 Å². The zero-order valence-electron chi connectivity index (χ0n) is 12.2. The van der Waals surface area contributed by atoms with Crippen molar-refractivity contribution >= 4 is 26.0 Å². The van der Waals surface area contributed by atoms with Crippen LogP contribution < -0.4 is 4.72 Å². The summed E-state index contributed by atoms with van der Waals surface area (Å²) in [5.41, 5.74) is 0.708. The number of epoxide rings is 1. The van der Waals surface area contributed by atoms with E-state index in [-0.39, 0.29) is 11.9 Å². The van der Waals surface area contributed by atoms with Crippen molar-refractivity contribution in [2.75, 3.05) is 6.61 Å². The number of halogens is 2. The minimum Gasteiger partial charge on any atom is -0.373 e. The molecule has 1 fully saturated rings. The van der Waals surface area contributed by atoms with Crippen molar-refractivity contribution in [3.8, 4) is 0 Å². The van der Waals surface area contributed by atoms with Gasteiger partial charge in [-0.3, -0.25) is 0 Å². The molecular weight excluding hydrogens is 361 g/mol. The first-order valence-corrected chi connectivity index (χ1v) is 8.96. The molecule has 2 atom stereocenters. The third-order valence-electron chi connectivity index (χ3n) is 3.34. The lowest BCUT2D eigenvalue weighted by Gasteiger charge is -2.26. The first kappa shape index (κ1) is 16.9. The molecule has 0 aromatic heterocycles. The first-order valence-electron chi connectivity index (χ1n) is 6.68. The van der Waals surface area contributed by atoms with E-state index in [4.69, 9.17) is 4.74 Å². The van der Waals surface area contributed by atoms with Crippen molar-refractivity contribution in [2.45, 2.75) is 44.1 Å². The number of hydrogen-bond acceptors (Lipinski definition) is 3. The Bertz CT molecular complexity index is 624. The maximum atomic E-state index is 13.2. The zero-order valence-corrected chi connectivity index (χ0v) is 14.6. The van der Waals surface area contributed by atoms with Crippen LogP contribution >= 0.6 is 15.9 Å². The maximum Gasteiger partial charge on any atom is 0.217 e. The van der Waals surface area contributed by atoms with E-state index >= 15 is 0 Å². The Hall–Kier alpha value is -0.500. The Kier molecular flexibility index (Phi) is 4.78. The Morgan fingerprint density at radius 3 is 2.57 bits per heavy atom. The van der Waals surface area contributed by atoms with Gasteiger partial charge in [0.2, 0.25) is 10.0 Å². The summed E-state index contributed by atoms with van der Waals surface area (Å²) in [6, 6.07) is 3.81. The van der Waals surface area contributed by atoms with Crippen LogP contribution in [-0.2, 0) is 14.8 Å². The minimum absolute atomic E-state index is 0.0506. The summed E-state index contributed by atoms with van der Waals surface area (Å²) in [7, 11) is -3.51. The molecule has 0 spiro atoms. The molecule has 1 heterocycles. The van der Waals surface area contributed by atoms with Crippen LogP contribution in [0, 0.1) is 5.82 Å². The molecule has 1 aliphatic heterocycles. The molecule has 21 heavy (non-hydrogen) atoms. The van der Waals surface area contributed by atoms with Crippen molar-refractivity contribution in [2.24, 2.45) is 0 Å². The molecule has 1 N–H and O–H groups in total. The lowest BCUT2D eigenvalue weighted by molar-refractivity contribution is 0.373. The lowest BCUT2D eigenvalue weighted by Crippen LogP contribution is -2.41. The van der Waals surface area contributed by atoms with Gasteiger partial charge in [0.05, 0.1) is 23.5 Å². The van der Waals surface area contributed by atoms with Crippen molar-refractivity contribution < 1.29 is 17.5 Å². The van der Waals surface area contributed by atoms with Crippen LogP contribution in [0.5, 0.6) is 0 Å².